The zero-order valence-electron chi connectivity index (χ0n) is 25.6. The van der Waals surface area contributed by atoms with Crippen molar-refractivity contribution in [2.45, 2.75) is 37.8 Å². The van der Waals surface area contributed by atoms with Crippen molar-refractivity contribution in [3.8, 4) is 6.01 Å². The number of carbonyl (C=O) groups is 1. The number of carbonyl (C=O) groups excluding carboxylic acids is 1. The van der Waals surface area contributed by atoms with Crippen LogP contribution in [0.2, 0.25) is 5.02 Å². The van der Waals surface area contributed by atoms with Crippen LogP contribution in [0.5, 0.6) is 6.01 Å². The number of benzene rings is 2. The number of amides is 1. The van der Waals surface area contributed by atoms with Gasteiger partial charge in [-0.25, -0.2) is 15.4 Å². The number of ether oxygens (including phenoxy) is 1. The van der Waals surface area contributed by atoms with Crippen molar-refractivity contribution in [3.63, 3.8) is 0 Å². The third-order valence-corrected chi connectivity index (χ3v) is 9.28. The standard InChI is InChI=1S/C33H36ClF2N7O2.H2S/c1-3-29(44)43-17-16-42(21-24(43)20-37-2)31-25-10-13-41(28-9-5-7-23-6-4-8-26(34)30(23)28)22-27(25)38-32(39-31)45-19-18-40-14-11-33(35,36)12-15-40;/h3-9,24H,1,10-22H2;1H2/t24-;/m0./s1. The van der Waals surface area contributed by atoms with Gasteiger partial charge in [-0.15, -0.1) is 0 Å². The molecule has 2 fully saturated rings. The van der Waals surface area contributed by atoms with Crippen LogP contribution in [0.3, 0.4) is 0 Å². The van der Waals surface area contributed by atoms with Gasteiger partial charge in [0.25, 0.3) is 5.92 Å². The molecule has 6 rings (SSSR count). The first-order chi connectivity index (χ1) is 21.8. The molecule has 2 aromatic carbocycles. The summed E-state index contributed by atoms with van der Waals surface area (Å²) in [5.74, 6) is -2.03. The van der Waals surface area contributed by atoms with Gasteiger partial charge in [0.15, 0.2) is 0 Å². The highest BCUT2D eigenvalue weighted by molar-refractivity contribution is 7.59. The average Bonchev–Trinajstić information content (AvgIpc) is 3.04. The highest BCUT2D eigenvalue weighted by atomic mass is 35.5. The Morgan fingerprint density at radius 3 is 2.61 bits per heavy atom. The predicted octanol–water partition coefficient (Wildman–Crippen LogP) is 5.19. The number of halogens is 3. The van der Waals surface area contributed by atoms with Gasteiger partial charge in [0.1, 0.15) is 18.5 Å². The molecule has 0 aliphatic carbocycles. The highest BCUT2D eigenvalue weighted by Crippen LogP contribution is 2.37. The number of hydrogen-bond donors (Lipinski definition) is 0. The molecule has 9 nitrogen and oxygen atoms in total. The molecule has 46 heavy (non-hydrogen) atoms. The Labute approximate surface area is 280 Å². The summed E-state index contributed by atoms with van der Waals surface area (Å²) in [6.07, 6.45) is 1.69. The molecule has 0 unspecified atom stereocenters. The van der Waals surface area contributed by atoms with Crippen LogP contribution in [-0.2, 0) is 17.8 Å². The average molecular weight is 670 g/mol. The van der Waals surface area contributed by atoms with E-state index in [9.17, 15) is 13.6 Å². The summed E-state index contributed by atoms with van der Waals surface area (Å²) in [5, 5.41) is 2.74. The lowest BCUT2D eigenvalue weighted by molar-refractivity contribution is -0.128. The van der Waals surface area contributed by atoms with Crippen molar-refractivity contribution in [2.24, 2.45) is 0 Å². The van der Waals surface area contributed by atoms with E-state index in [0.717, 1.165) is 40.1 Å². The fourth-order valence-corrected chi connectivity index (χ4v) is 6.83. The number of nitrogens with zero attached hydrogens (tertiary/aromatic N) is 7. The second-order valence-corrected chi connectivity index (χ2v) is 12.2. The molecule has 2 saturated heterocycles. The third-order valence-electron chi connectivity index (χ3n) is 8.96. The van der Waals surface area contributed by atoms with Gasteiger partial charge in [0.2, 0.25) is 12.5 Å². The maximum absolute atomic E-state index is 13.6. The summed E-state index contributed by atoms with van der Waals surface area (Å²) >= 11 is 6.67. The first kappa shape index (κ1) is 33.7. The van der Waals surface area contributed by atoms with Crippen molar-refractivity contribution in [3.05, 3.63) is 76.8 Å². The first-order valence-corrected chi connectivity index (χ1v) is 15.7. The lowest BCUT2D eigenvalue weighted by atomic mass is 10.0. The molecule has 3 aromatic rings. The van der Waals surface area contributed by atoms with Crippen LogP contribution in [0.1, 0.15) is 24.1 Å². The molecule has 1 amide bonds. The Hall–Kier alpha value is -3.66. The first-order valence-electron chi connectivity index (χ1n) is 15.3. The van der Waals surface area contributed by atoms with Gasteiger partial charge in [-0.3, -0.25) is 9.69 Å². The largest absolute Gasteiger partial charge is 0.462 e. The van der Waals surface area contributed by atoms with Gasteiger partial charge >= 0.3 is 6.01 Å². The Bertz CT molecular complexity index is 1620. The molecular weight excluding hydrogens is 632 g/mol. The summed E-state index contributed by atoms with van der Waals surface area (Å²) in [7, 11) is 0. The Balaban J connectivity index is 0.00000417. The molecule has 4 heterocycles. The number of piperidine rings is 1. The van der Waals surface area contributed by atoms with Gasteiger partial charge in [-0.1, -0.05) is 42.4 Å². The van der Waals surface area contributed by atoms with E-state index in [2.05, 4.69) is 39.4 Å². The molecule has 1 atom stereocenters. The normalized spacial score (nSPS) is 19.6. The smallest absolute Gasteiger partial charge is 0.318 e. The number of piperazine rings is 1. The van der Waals surface area contributed by atoms with E-state index in [1.165, 1.54) is 6.08 Å². The molecule has 13 heteroatoms. The molecule has 3 aliphatic heterocycles. The van der Waals surface area contributed by atoms with E-state index >= 15 is 0 Å². The van der Waals surface area contributed by atoms with E-state index < -0.39 is 5.92 Å². The number of fused-ring (bicyclic) bond motifs is 2. The Morgan fingerprint density at radius 1 is 1.11 bits per heavy atom. The fourth-order valence-electron chi connectivity index (χ4n) is 6.55. The lowest BCUT2D eigenvalue weighted by Crippen LogP contribution is -2.56. The lowest BCUT2D eigenvalue weighted by Gasteiger charge is -2.41. The van der Waals surface area contributed by atoms with E-state index in [0.29, 0.717) is 57.3 Å². The molecule has 244 valence electrons. The van der Waals surface area contributed by atoms with Crippen molar-refractivity contribution in [1.82, 2.24) is 19.8 Å². The minimum Gasteiger partial charge on any atom is -0.462 e. The van der Waals surface area contributed by atoms with Crippen LogP contribution >= 0.6 is 25.1 Å². The van der Waals surface area contributed by atoms with E-state index in [4.69, 9.17) is 32.9 Å². The topological polar surface area (TPSA) is 69.4 Å². The van der Waals surface area contributed by atoms with Gasteiger partial charge in [-0.2, -0.15) is 23.5 Å². The van der Waals surface area contributed by atoms with Crippen LogP contribution in [-0.4, -0.2) is 96.6 Å². The summed E-state index contributed by atoms with van der Waals surface area (Å²) in [4.78, 5) is 34.0. The molecule has 0 radical (unpaired) electrons. The quantitative estimate of drug-likeness (QED) is 0.242. The fraction of sp³-hybridized carbons (Fsp3) is 0.455. The molecule has 0 N–H and O–H groups in total. The minimum absolute atomic E-state index is 0. The SMILES string of the molecule is S.[C-]#[N+]C[C@H]1CN(c2nc(OCCN3CCC(F)(F)CC3)nc3c2CCN(c2cccc4cccc(Cl)c24)C3)CCN1C(=O)C=C. The van der Waals surface area contributed by atoms with Crippen LogP contribution < -0.4 is 14.5 Å². The molecule has 0 saturated carbocycles. The summed E-state index contributed by atoms with van der Waals surface area (Å²) in [6, 6.07) is 12.0. The number of anilines is 2. The third kappa shape index (κ3) is 7.17. The molecule has 1 aromatic heterocycles. The molecule has 0 bridgehead atoms. The molecule has 0 spiro atoms. The van der Waals surface area contributed by atoms with Crippen LogP contribution in [0.15, 0.2) is 49.1 Å². The second kappa shape index (κ2) is 14.4. The zero-order valence-corrected chi connectivity index (χ0v) is 27.4. The Kier molecular flexibility index (Phi) is 10.6. The van der Waals surface area contributed by atoms with Crippen LogP contribution in [0.25, 0.3) is 15.6 Å². The summed E-state index contributed by atoms with van der Waals surface area (Å²) < 4.78 is 33.4. The van der Waals surface area contributed by atoms with E-state index in [-0.39, 0.29) is 57.4 Å². The molecular formula is C33H38ClF2N7O2S. The van der Waals surface area contributed by atoms with E-state index in [1.807, 2.05) is 23.1 Å². The van der Waals surface area contributed by atoms with Crippen molar-refractivity contribution < 1.29 is 18.3 Å². The van der Waals surface area contributed by atoms with Crippen molar-refractivity contribution >= 4 is 53.3 Å². The highest BCUT2D eigenvalue weighted by Gasteiger charge is 2.36. The zero-order chi connectivity index (χ0) is 31.6. The van der Waals surface area contributed by atoms with Crippen LogP contribution in [0.4, 0.5) is 20.3 Å². The number of alkyl halides is 2. The van der Waals surface area contributed by atoms with Crippen molar-refractivity contribution in [1.29, 1.82) is 0 Å². The van der Waals surface area contributed by atoms with E-state index in [1.54, 1.807) is 4.90 Å². The number of rotatable bonds is 8. The summed E-state index contributed by atoms with van der Waals surface area (Å²) in [5.41, 5.74) is 2.89. The number of likely N-dealkylation sites (tertiary alicyclic amines) is 1. The predicted molar refractivity (Wildman–Crippen MR) is 182 cm³/mol. The Morgan fingerprint density at radius 2 is 1.87 bits per heavy atom. The summed E-state index contributed by atoms with van der Waals surface area (Å²) in [6.45, 7) is 15.4. The maximum atomic E-state index is 13.6. The molecule has 3 aliphatic rings. The number of hydrogen-bond acceptors (Lipinski definition) is 7. The van der Waals surface area contributed by atoms with Crippen LogP contribution in [0, 0.1) is 6.57 Å². The number of aromatic nitrogens is 2. The second-order valence-electron chi connectivity index (χ2n) is 11.8. The van der Waals surface area contributed by atoms with Crippen molar-refractivity contribution in [2.75, 3.05) is 68.8 Å². The van der Waals surface area contributed by atoms with Gasteiger partial charge in [-0.05, 0) is 30.0 Å². The minimum atomic E-state index is -2.60. The van der Waals surface area contributed by atoms with Gasteiger partial charge in [0.05, 0.1) is 17.3 Å². The van der Waals surface area contributed by atoms with Gasteiger partial charge in [0, 0.05) is 75.3 Å². The van der Waals surface area contributed by atoms with Gasteiger partial charge < -0.3 is 24.3 Å². The monoisotopic (exact) mass is 669 g/mol. The maximum Gasteiger partial charge on any atom is 0.318 e.